The number of imide groups is 1. The number of amides is 5. The van der Waals surface area contributed by atoms with Gasteiger partial charge in [-0.3, -0.25) is 48.1 Å². The molecule has 1 fully saturated rings. The summed E-state index contributed by atoms with van der Waals surface area (Å²) in [5.74, 6) is -2.64. The van der Waals surface area contributed by atoms with Crippen molar-refractivity contribution in [2.24, 2.45) is 18.5 Å². The Hall–Kier alpha value is -6.21. The van der Waals surface area contributed by atoms with Crippen LogP contribution in [0.5, 0.6) is 0 Å². The van der Waals surface area contributed by atoms with Crippen molar-refractivity contribution in [3.63, 3.8) is 0 Å². The molecule has 3 aliphatic heterocycles. The van der Waals surface area contributed by atoms with Gasteiger partial charge >= 0.3 is 5.69 Å². The van der Waals surface area contributed by atoms with Crippen molar-refractivity contribution in [3.05, 3.63) is 99.0 Å². The van der Waals surface area contributed by atoms with Gasteiger partial charge in [-0.05, 0) is 92.2 Å². The third-order valence-electron chi connectivity index (χ3n) is 12.5. The number of nitrogens with zero attached hydrogens (tertiary/aromatic N) is 3. The first-order valence-corrected chi connectivity index (χ1v) is 23.0. The summed E-state index contributed by atoms with van der Waals surface area (Å²) in [5, 5.41) is 12.8. The average Bonchev–Trinajstić information content (AvgIpc) is 3.77. The second kappa shape index (κ2) is 23.5. The summed E-state index contributed by atoms with van der Waals surface area (Å²) in [7, 11) is 1.71. The van der Waals surface area contributed by atoms with Crippen LogP contribution in [0.25, 0.3) is 11.0 Å². The van der Waals surface area contributed by atoms with Crippen LogP contribution < -0.4 is 32.7 Å². The van der Waals surface area contributed by atoms with Gasteiger partial charge in [-0.2, -0.15) is 0 Å². The molecule has 1 aromatic heterocycles. The number of carboxylic acid groups (broad SMARTS) is 1. The van der Waals surface area contributed by atoms with E-state index in [4.69, 9.17) is 35.6 Å². The van der Waals surface area contributed by atoms with E-state index in [1.165, 1.54) is 10.1 Å². The summed E-state index contributed by atoms with van der Waals surface area (Å²) < 4.78 is 21.0. The number of hydrogen-bond acceptors (Lipinski definition) is 11. The minimum absolute atomic E-state index is 0.0725. The highest BCUT2D eigenvalue weighted by Gasteiger charge is 2.43. The van der Waals surface area contributed by atoms with Crippen LogP contribution in [0.4, 0.5) is 5.69 Å². The second-order valence-electron chi connectivity index (χ2n) is 17.4. The van der Waals surface area contributed by atoms with Crippen molar-refractivity contribution in [1.82, 2.24) is 19.8 Å². The van der Waals surface area contributed by atoms with E-state index in [2.05, 4.69) is 22.8 Å². The highest BCUT2D eigenvalue weighted by atomic mass is 16.5. The van der Waals surface area contributed by atoms with Gasteiger partial charge in [0.25, 0.3) is 5.97 Å². The fraction of sp³-hybridized carbons (Fsp3) is 0.490. The van der Waals surface area contributed by atoms with Crippen LogP contribution in [0.2, 0.25) is 0 Å². The second-order valence-corrected chi connectivity index (χ2v) is 17.4. The van der Waals surface area contributed by atoms with E-state index >= 15 is 0 Å². The molecule has 0 bridgehead atoms. The molecule has 18 nitrogen and oxygen atoms in total. The molecule has 18 heteroatoms. The number of aryl methyl sites for hydroxylation is 4. The molecule has 5 amide bonds. The Kier molecular flexibility index (Phi) is 17.6. The monoisotopic (exact) mass is 925 g/mol. The quantitative estimate of drug-likeness (QED) is 0.0598. The Morgan fingerprint density at radius 2 is 1.54 bits per heavy atom. The number of nitrogens with one attached hydrogen (secondary N) is 2. The number of anilines is 1. The molecule has 0 spiro atoms. The van der Waals surface area contributed by atoms with Gasteiger partial charge in [-0.1, -0.05) is 54.6 Å². The van der Waals surface area contributed by atoms with Crippen LogP contribution >= 0.6 is 0 Å². The van der Waals surface area contributed by atoms with Crippen LogP contribution in [0, 0.1) is 0 Å². The summed E-state index contributed by atoms with van der Waals surface area (Å²) in [6, 6.07) is 17.1. The topological polar surface area (TPSA) is 257 Å². The number of piperidine rings is 1. The average molecular weight is 926 g/mol. The van der Waals surface area contributed by atoms with Crippen molar-refractivity contribution >= 4 is 52.2 Å². The Morgan fingerprint density at radius 3 is 2.22 bits per heavy atom. The molecular weight excluding hydrogens is 863 g/mol. The Balaban J connectivity index is 0.00000178. The molecule has 4 aromatic rings. The minimum atomic E-state index is -0.833. The molecule has 7 rings (SSSR count). The van der Waals surface area contributed by atoms with Crippen LogP contribution in [-0.2, 0) is 82.3 Å². The molecule has 0 saturated carbocycles. The zero-order chi connectivity index (χ0) is 48.2. The summed E-state index contributed by atoms with van der Waals surface area (Å²) in [6.45, 7) is 5.33. The highest BCUT2D eigenvalue weighted by Crippen LogP contribution is 2.39. The first-order chi connectivity index (χ1) is 32.1. The number of carboxylic acids is 1. The van der Waals surface area contributed by atoms with E-state index in [1.807, 2.05) is 55.5 Å². The maximum Gasteiger partial charge on any atom is 0.329 e. The smallest absolute Gasteiger partial charge is 0.329 e. The molecule has 3 aliphatic rings. The zero-order valence-electron chi connectivity index (χ0n) is 38.5. The van der Waals surface area contributed by atoms with Crippen LogP contribution in [0.3, 0.4) is 0 Å². The molecule has 0 aliphatic carbocycles. The number of carbonyl (C=O) groups excluding carboxylic acids is 5. The third-order valence-corrected chi connectivity index (χ3v) is 12.5. The molecule has 1 saturated heterocycles. The van der Waals surface area contributed by atoms with E-state index in [0.29, 0.717) is 77.1 Å². The zero-order valence-corrected chi connectivity index (χ0v) is 38.5. The normalized spacial score (nSPS) is 18.7. The van der Waals surface area contributed by atoms with Crippen LogP contribution in [-0.4, -0.2) is 100 Å². The molecule has 4 heterocycles. The van der Waals surface area contributed by atoms with Crippen molar-refractivity contribution < 1.29 is 48.1 Å². The van der Waals surface area contributed by atoms with E-state index in [0.717, 1.165) is 59.6 Å². The molecule has 7 N–H and O–H groups in total. The number of ether oxygens (including phenoxy) is 3. The fourth-order valence-corrected chi connectivity index (χ4v) is 9.03. The highest BCUT2D eigenvalue weighted by molar-refractivity contribution is 6.07. The van der Waals surface area contributed by atoms with Gasteiger partial charge in [0.15, 0.2) is 0 Å². The molecule has 0 radical (unpaired) electrons. The Morgan fingerprint density at radius 1 is 0.881 bits per heavy atom. The van der Waals surface area contributed by atoms with Gasteiger partial charge in [0, 0.05) is 46.4 Å². The maximum absolute atomic E-state index is 13.8. The summed E-state index contributed by atoms with van der Waals surface area (Å²) >= 11 is 0. The van der Waals surface area contributed by atoms with E-state index in [1.54, 1.807) is 16.5 Å². The number of primary amides is 1. The van der Waals surface area contributed by atoms with E-state index in [9.17, 15) is 28.8 Å². The Labute approximate surface area is 389 Å². The van der Waals surface area contributed by atoms with Crippen LogP contribution in [0.1, 0.15) is 92.7 Å². The first kappa shape index (κ1) is 50.2. The molecule has 5 atom stereocenters. The fourth-order valence-electron chi connectivity index (χ4n) is 9.03. The number of benzene rings is 3. The SMILES string of the molecule is CC(=O)O.C[C@@H](OCc1ccc(CCCOCCOCCCc2cccc3c2n(C)c(=O)n3C2CCC(=O)NC2=O)cc1)[C@H](CCC(N)=O)NC(=O)[C@@H]1Cc2cccc3c2N1C(=O)[C@@H](N)CC3. The lowest BCUT2D eigenvalue weighted by Crippen LogP contribution is -2.55. The largest absolute Gasteiger partial charge is 0.481 e. The van der Waals surface area contributed by atoms with E-state index < -0.39 is 48.1 Å². The number of imidazole rings is 1. The number of nitrogens with two attached hydrogens (primary N) is 2. The predicted octanol–water partition coefficient (Wildman–Crippen LogP) is 2.89. The Bertz CT molecular complexity index is 2480. The number of para-hydroxylation sites is 2. The van der Waals surface area contributed by atoms with Gasteiger partial charge < -0.3 is 36.1 Å². The van der Waals surface area contributed by atoms with Gasteiger partial charge in [0.2, 0.25) is 29.5 Å². The standard InChI is InChI=1S/C47H59N7O9.C2H4O2/c1-29(36(19-21-40(49)55)50-45(58)39-27-34-10-3-8-33-17-18-35(48)46(59)54(39)42(33)34)63-28-31-15-13-30(14-16-31)7-5-23-61-25-26-62-24-6-11-32-9-4-12-37-43(32)52(2)47(60)53(37)38-20-22-41(56)51-44(38)57;1-2(3)4/h3-4,8-10,12-16,29,35-36,38-39H,5-7,11,17-28,48H2,1-2H3,(H2,49,55)(H,50,58)(H,51,56,57);1H3,(H,3,4)/t29-,35+,36+,38?,39+;/m1./s1. The summed E-state index contributed by atoms with van der Waals surface area (Å²) in [5.41, 5.74) is 18.8. The minimum Gasteiger partial charge on any atom is -0.481 e. The number of aromatic nitrogens is 2. The lowest BCUT2D eigenvalue weighted by molar-refractivity contribution is -0.136. The lowest BCUT2D eigenvalue weighted by atomic mass is 10.0. The molecular formula is C49H63N7O11. The predicted molar refractivity (Wildman–Crippen MR) is 249 cm³/mol. The molecule has 360 valence electrons. The van der Waals surface area contributed by atoms with Crippen LogP contribution in [0.15, 0.2) is 65.5 Å². The van der Waals surface area contributed by atoms with Gasteiger partial charge in [0.05, 0.1) is 54.7 Å². The van der Waals surface area contributed by atoms with Crippen molar-refractivity contribution in [2.45, 2.75) is 121 Å². The number of aliphatic carboxylic acids is 1. The van der Waals surface area contributed by atoms with Gasteiger partial charge in [-0.25, -0.2) is 4.79 Å². The number of carbonyl (C=O) groups is 6. The van der Waals surface area contributed by atoms with Crippen molar-refractivity contribution in [2.75, 3.05) is 31.3 Å². The number of hydrogen-bond donors (Lipinski definition) is 5. The molecule has 67 heavy (non-hydrogen) atoms. The number of fused-ring (bicyclic) bond motifs is 1. The van der Waals surface area contributed by atoms with Gasteiger partial charge in [0.1, 0.15) is 12.1 Å². The summed E-state index contributed by atoms with van der Waals surface area (Å²) in [6.07, 6.45) is 5.11. The molecule has 3 aromatic carbocycles. The molecule has 1 unspecified atom stereocenters. The maximum atomic E-state index is 13.8. The number of rotatable bonds is 21. The summed E-state index contributed by atoms with van der Waals surface area (Å²) in [4.78, 5) is 87.0. The van der Waals surface area contributed by atoms with Crippen molar-refractivity contribution in [3.8, 4) is 0 Å². The van der Waals surface area contributed by atoms with Crippen molar-refractivity contribution in [1.29, 1.82) is 0 Å². The van der Waals surface area contributed by atoms with E-state index in [-0.39, 0.29) is 36.3 Å². The third kappa shape index (κ3) is 12.8. The van der Waals surface area contributed by atoms with Gasteiger partial charge in [-0.15, -0.1) is 0 Å². The lowest BCUT2D eigenvalue weighted by Gasteiger charge is -2.30. The first-order valence-electron chi connectivity index (χ1n) is 23.0.